The van der Waals surface area contributed by atoms with Crippen LogP contribution in [-0.2, 0) is 9.59 Å². The van der Waals surface area contributed by atoms with Crippen molar-refractivity contribution in [2.24, 2.45) is 0 Å². The Hall–Kier alpha value is -4.59. The van der Waals surface area contributed by atoms with E-state index in [9.17, 15) is 9.59 Å². The lowest BCUT2D eigenvalue weighted by molar-refractivity contribution is -0.116. The normalized spacial score (nSPS) is 18.6. The Balaban J connectivity index is 1.60. The van der Waals surface area contributed by atoms with Gasteiger partial charge in [0.1, 0.15) is 11.6 Å². The summed E-state index contributed by atoms with van der Waals surface area (Å²) in [6.45, 7) is 3.80. The summed E-state index contributed by atoms with van der Waals surface area (Å²) in [6, 6.07) is 17.0. The van der Waals surface area contributed by atoms with Gasteiger partial charge in [-0.2, -0.15) is 0 Å². The Morgan fingerprint density at radius 1 is 0.950 bits per heavy atom. The van der Waals surface area contributed by atoms with Gasteiger partial charge in [-0.15, -0.1) is 0 Å². The number of hydrogen-bond acceptors (Lipinski definition) is 7. The first-order valence-electron chi connectivity index (χ1n) is 13.2. The number of rotatable bonds is 7. The predicted octanol–water partition coefficient (Wildman–Crippen LogP) is 5.42. The fourth-order valence-corrected chi connectivity index (χ4v) is 5.63. The van der Waals surface area contributed by atoms with Gasteiger partial charge in [0.25, 0.3) is 5.91 Å². The first-order valence-corrected chi connectivity index (χ1v) is 13.2. The molecule has 5 rings (SSSR count). The highest BCUT2D eigenvalue weighted by molar-refractivity contribution is 6.09. The van der Waals surface area contributed by atoms with E-state index in [0.29, 0.717) is 52.6 Å². The van der Waals surface area contributed by atoms with Crippen molar-refractivity contribution in [3.05, 3.63) is 100 Å². The highest BCUT2D eigenvalue weighted by Gasteiger charge is 2.42. The van der Waals surface area contributed by atoms with Gasteiger partial charge in [-0.1, -0.05) is 30.3 Å². The van der Waals surface area contributed by atoms with Crippen LogP contribution in [0.5, 0.6) is 17.2 Å². The number of amides is 1. The molecule has 0 saturated carbocycles. The number of benzene rings is 2. The summed E-state index contributed by atoms with van der Waals surface area (Å²) in [5, 5.41) is 6.35. The summed E-state index contributed by atoms with van der Waals surface area (Å²) >= 11 is 0. The molecule has 8 nitrogen and oxygen atoms in total. The second-order valence-corrected chi connectivity index (χ2v) is 10.0. The maximum absolute atomic E-state index is 14.0. The molecule has 2 aromatic carbocycles. The van der Waals surface area contributed by atoms with Gasteiger partial charge in [0.2, 0.25) is 0 Å². The molecule has 0 saturated heterocycles. The van der Waals surface area contributed by atoms with E-state index in [0.717, 1.165) is 22.6 Å². The molecule has 1 aliphatic heterocycles. The molecule has 1 amide bonds. The molecule has 0 fully saturated rings. The van der Waals surface area contributed by atoms with Gasteiger partial charge in [0.15, 0.2) is 17.3 Å². The monoisotopic (exact) mass is 539 g/mol. The molecule has 1 aromatic heterocycles. The minimum Gasteiger partial charge on any atom is -0.497 e. The number of ketones is 1. The Labute approximate surface area is 234 Å². The summed E-state index contributed by atoms with van der Waals surface area (Å²) in [6.07, 6.45) is 2.65. The van der Waals surface area contributed by atoms with E-state index < -0.39 is 5.92 Å². The van der Waals surface area contributed by atoms with Gasteiger partial charge in [-0.3, -0.25) is 9.59 Å². The number of aryl methyl sites for hydroxylation is 1. The third-order valence-corrected chi connectivity index (χ3v) is 7.56. The van der Waals surface area contributed by atoms with Crippen molar-refractivity contribution in [1.29, 1.82) is 0 Å². The van der Waals surface area contributed by atoms with Gasteiger partial charge in [0, 0.05) is 40.7 Å². The quantitative estimate of drug-likeness (QED) is 0.414. The average molecular weight is 540 g/mol. The number of anilines is 1. The Bertz CT molecular complexity index is 1510. The predicted molar refractivity (Wildman–Crippen MR) is 153 cm³/mol. The maximum Gasteiger partial charge on any atom is 0.255 e. The molecule has 2 heterocycles. The van der Waals surface area contributed by atoms with Crippen LogP contribution in [0.3, 0.4) is 0 Å². The smallest absolute Gasteiger partial charge is 0.255 e. The zero-order chi connectivity index (χ0) is 28.4. The van der Waals surface area contributed by atoms with Gasteiger partial charge in [0.05, 0.1) is 27.2 Å². The molecule has 1 aliphatic carbocycles. The number of allylic oxidation sites excluding steroid dienone is 3. The highest BCUT2D eigenvalue weighted by Crippen LogP contribution is 2.49. The number of ether oxygens (including phenoxy) is 3. The molecule has 206 valence electrons. The molecule has 40 heavy (non-hydrogen) atoms. The molecule has 2 N–H and O–H groups in total. The van der Waals surface area contributed by atoms with Crippen LogP contribution in [-0.4, -0.2) is 38.0 Å². The number of para-hydroxylation sites is 1. The third-order valence-electron chi connectivity index (χ3n) is 7.56. The zero-order valence-electron chi connectivity index (χ0n) is 23.3. The lowest BCUT2D eigenvalue weighted by Crippen LogP contribution is -2.37. The number of nitrogens with zero attached hydrogens (tertiary/aromatic N) is 1. The van der Waals surface area contributed by atoms with E-state index in [1.165, 1.54) is 0 Å². The highest BCUT2D eigenvalue weighted by atomic mass is 16.5. The number of dihydropyridines is 1. The van der Waals surface area contributed by atoms with Gasteiger partial charge in [-0.05, 0) is 61.6 Å². The topological polar surface area (TPSA) is 98.8 Å². The minimum absolute atomic E-state index is 0.00236. The fraction of sp³-hybridized carbons (Fsp3) is 0.281. The zero-order valence-corrected chi connectivity index (χ0v) is 23.3. The van der Waals surface area contributed by atoms with E-state index in [-0.39, 0.29) is 17.6 Å². The lowest BCUT2D eigenvalue weighted by atomic mass is 9.71. The van der Waals surface area contributed by atoms with Crippen LogP contribution in [0.2, 0.25) is 0 Å². The van der Waals surface area contributed by atoms with Crippen LogP contribution in [0.4, 0.5) is 5.82 Å². The largest absolute Gasteiger partial charge is 0.497 e. The van der Waals surface area contributed by atoms with Crippen molar-refractivity contribution < 1.29 is 23.8 Å². The second-order valence-electron chi connectivity index (χ2n) is 10.0. The minimum atomic E-state index is -0.656. The first-order chi connectivity index (χ1) is 19.3. The number of pyridine rings is 1. The number of methoxy groups -OCH3 is 3. The molecule has 2 aliphatic rings. The van der Waals surface area contributed by atoms with Gasteiger partial charge >= 0.3 is 0 Å². The van der Waals surface area contributed by atoms with Crippen LogP contribution in [0, 0.1) is 6.92 Å². The van der Waals surface area contributed by atoms with Crippen molar-refractivity contribution in [1.82, 2.24) is 10.3 Å². The summed E-state index contributed by atoms with van der Waals surface area (Å²) in [5.74, 6) is 1.20. The standard InChI is InChI=1S/C32H33N3O5/c1-18-9-14-27(33-17-18)35-32(37)28-19(2)34-24-15-21(20-10-12-22(38-3)13-11-20)16-25(36)30(24)29(28)23-7-6-8-26(39-4)31(23)40-5/h6-14,17,21,29,34H,15-16H2,1-5H3,(H,33,35,37). The third kappa shape index (κ3) is 5.04. The second kappa shape index (κ2) is 11.3. The number of Topliss-reactive ketones (excluding diaryl/α,β-unsaturated/α-hetero) is 1. The van der Waals surface area contributed by atoms with E-state index >= 15 is 0 Å². The average Bonchev–Trinajstić information content (AvgIpc) is 2.96. The molecule has 8 heteroatoms. The van der Waals surface area contributed by atoms with Crippen LogP contribution >= 0.6 is 0 Å². The summed E-state index contributed by atoms with van der Waals surface area (Å²) in [4.78, 5) is 32.2. The van der Waals surface area contributed by atoms with E-state index in [1.54, 1.807) is 39.7 Å². The van der Waals surface area contributed by atoms with E-state index in [4.69, 9.17) is 14.2 Å². The molecule has 3 aromatic rings. The summed E-state index contributed by atoms with van der Waals surface area (Å²) in [7, 11) is 4.76. The van der Waals surface area contributed by atoms with Crippen LogP contribution < -0.4 is 24.8 Å². The number of hydrogen-bond donors (Lipinski definition) is 2. The first kappa shape index (κ1) is 27.0. The van der Waals surface area contributed by atoms with Crippen LogP contribution in [0.25, 0.3) is 0 Å². The van der Waals surface area contributed by atoms with E-state index in [1.807, 2.05) is 56.3 Å². The molecular formula is C32H33N3O5. The van der Waals surface area contributed by atoms with Crippen molar-refractivity contribution in [2.75, 3.05) is 26.6 Å². The molecule has 2 atom stereocenters. The molecular weight excluding hydrogens is 506 g/mol. The van der Waals surface area contributed by atoms with Crippen LogP contribution in [0.15, 0.2) is 83.3 Å². The molecule has 0 bridgehead atoms. The van der Waals surface area contributed by atoms with Crippen LogP contribution in [0.1, 0.15) is 48.3 Å². The Kier molecular flexibility index (Phi) is 7.60. The van der Waals surface area contributed by atoms with Gasteiger partial charge in [-0.25, -0.2) is 4.98 Å². The number of carbonyl (C=O) groups is 2. The van der Waals surface area contributed by atoms with Crippen molar-refractivity contribution in [3.8, 4) is 17.2 Å². The summed E-state index contributed by atoms with van der Waals surface area (Å²) in [5.41, 5.74) is 5.23. The van der Waals surface area contributed by atoms with Gasteiger partial charge < -0.3 is 24.8 Å². The van der Waals surface area contributed by atoms with Crippen molar-refractivity contribution in [3.63, 3.8) is 0 Å². The lowest BCUT2D eigenvalue weighted by Gasteiger charge is -2.37. The number of aromatic nitrogens is 1. The molecule has 0 spiro atoms. The van der Waals surface area contributed by atoms with Crippen molar-refractivity contribution in [2.45, 2.75) is 38.5 Å². The maximum atomic E-state index is 14.0. The van der Waals surface area contributed by atoms with Crippen molar-refractivity contribution >= 4 is 17.5 Å². The Morgan fingerprint density at radius 3 is 2.38 bits per heavy atom. The number of carbonyl (C=O) groups excluding carboxylic acids is 2. The molecule has 2 unspecified atom stereocenters. The number of nitrogens with one attached hydrogen (secondary N) is 2. The fourth-order valence-electron chi connectivity index (χ4n) is 5.63. The summed E-state index contributed by atoms with van der Waals surface area (Å²) < 4.78 is 16.7. The van der Waals surface area contributed by atoms with E-state index in [2.05, 4.69) is 15.6 Å². The Morgan fingerprint density at radius 2 is 1.73 bits per heavy atom. The molecule has 0 radical (unpaired) electrons. The SMILES string of the molecule is COc1ccc(C2CC(=O)C3=C(C2)NC(C)=C(C(=O)Nc2ccc(C)cn2)C3c2cccc(OC)c2OC)cc1.